The maximum atomic E-state index is 12.8. The summed E-state index contributed by atoms with van der Waals surface area (Å²) in [6.07, 6.45) is 1.30. The monoisotopic (exact) mass is 536 g/mol. The van der Waals surface area contributed by atoms with Crippen LogP contribution >= 0.6 is 15.9 Å². The smallest absolute Gasteiger partial charge is 0.349 e. The SMILES string of the molecule is COc1cc(Br)cc(C=Nn2c(=O)[nH]c3ccccc3c2=O)c1OCC(=O)Nc1ccccc1C. The minimum Gasteiger partial charge on any atom is -0.493 e. The zero-order chi connectivity index (χ0) is 24.9. The molecule has 0 aliphatic carbocycles. The molecule has 3 aromatic carbocycles. The summed E-state index contributed by atoms with van der Waals surface area (Å²) >= 11 is 3.40. The molecule has 1 heterocycles. The Labute approximate surface area is 208 Å². The fourth-order valence-electron chi connectivity index (χ4n) is 3.41. The molecule has 4 rings (SSSR count). The third-order valence-electron chi connectivity index (χ3n) is 5.13. The molecule has 35 heavy (non-hydrogen) atoms. The molecular formula is C25H21BrN4O5. The lowest BCUT2D eigenvalue weighted by molar-refractivity contribution is -0.118. The van der Waals surface area contributed by atoms with Crippen LogP contribution in [-0.2, 0) is 4.79 Å². The van der Waals surface area contributed by atoms with Gasteiger partial charge in [0.15, 0.2) is 18.1 Å². The predicted molar refractivity (Wildman–Crippen MR) is 138 cm³/mol. The number of rotatable bonds is 7. The first kappa shape index (κ1) is 24.0. The van der Waals surface area contributed by atoms with Crippen molar-refractivity contribution in [2.75, 3.05) is 19.0 Å². The van der Waals surface area contributed by atoms with E-state index in [4.69, 9.17) is 9.47 Å². The highest BCUT2D eigenvalue weighted by Gasteiger charge is 2.15. The van der Waals surface area contributed by atoms with Gasteiger partial charge in [-0.3, -0.25) is 9.59 Å². The van der Waals surface area contributed by atoms with Crippen molar-refractivity contribution in [1.29, 1.82) is 0 Å². The summed E-state index contributed by atoms with van der Waals surface area (Å²) in [4.78, 5) is 40.3. The molecule has 0 atom stereocenters. The van der Waals surface area contributed by atoms with Crippen molar-refractivity contribution < 1.29 is 14.3 Å². The number of ether oxygens (including phenoxy) is 2. The second kappa shape index (κ2) is 10.4. The van der Waals surface area contributed by atoms with Gasteiger partial charge in [0.1, 0.15) is 0 Å². The van der Waals surface area contributed by atoms with E-state index < -0.39 is 11.2 Å². The van der Waals surface area contributed by atoms with Gasteiger partial charge in [-0.05, 0) is 42.8 Å². The first-order valence-corrected chi connectivity index (χ1v) is 11.3. The number of halogens is 1. The van der Waals surface area contributed by atoms with Crippen LogP contribution in [0, 0.1) is 6.92 Å². The standard InChI is InChI=1S/C25H21BrN4O5/c1-15-7-3-5-9-19(15)28-22(31)14-35-23-16(11-17(26)12-21(23)34-2)13-27-30-24(32)18-8-4-6-10-20(18)29-25(30)33/h3-13H,14H2,1-2H3,(H,28,31)(H,29,33). The lowest BCUT2D eigenvalue weighted by Gasteiger charge is -2.14. The zero-order valence-electron chi connectivity index (χ0n) is 18.9. The van der Waals surface area contributed by atoms with Crippen LogP contribution in [0.1, 0.15) is 11.1 Å². The van der Waals surface area contributed by atoms with Gasteiger partial charge in [-0.2, -0.15) is 5.10 Å². The van der Waals surface area contributed by atoms with Gasteiger partial charge in [0, 0.05) is 15.7 Å². The minimum atomic E-state index is -0.688. The van der Waals surface area contributed by atoms with Crippen molar-refractivity contribution in [1.82, 2.24) is 9.66 Å². The van der Waals surface area contributed by atoms with Crippen molar-refractivity contribution in [3.05, 3.63) is 97.1 Å². The second-order valence-corrected chi connectivity index (χ2v) is 8.43. The molecule has 9 nitrogen and oxygen atoms in total. The molecule has 2 N–H and O–H groups in total. The summed E-state index contributed by atoms with van der Waals surface area (Å²) in [7, 11) is 1.46. The summed E-state index contributed by atoms with van der Waals surface area (Å²) in [5, 5.41) is 7.21. The minimum absolute atomic E-state index is 0.227. The number of para-hydroxylation sites is 2. The highest BCUT2D eigenvalue weighted by atomic mass is 79.9. The largest absolute Gasteiger partial charge is 0.493 e. The average molecular weight is 537 g/mol. The van der Waals surface area contributed by atoms with Gasteiger partial charge < -0.3 is 19.8 Å². The van der Waals surface area contributed by atoms with Crippen molar-refractivity contribution in [3.63, 3.8) is 0 Å². The summed E-state index contributed by atoms with van der Waals surface area (Å²) in [5.74, 6) is 0.197. The van der Waals surface area contributed by atoms with Gasteiger partial charge in [-0.15, -0.1) is 4.68 Å². The summed E-state index contributed by atoms with van der Waals surface area (Å²) in [6, 6.07) is 17.4. The predicted octanol–water partition coefficient (Wildman–Crippen LogP) is 3.67. The van der Waals surface area contributed by atoms with E-state index in [1.165, 1.54) is 13.3 Å². The number of methoxy groups -OCH3 is 1. The van der Waals surface area contributed by atoms with Crippen LogP contribution in [0.4, 0.5) is 5.69 Å². The fraction of sp³-hybridized carbons (Fsp3) is 0.120. The van der Waals surface area contributed by atoms with Crippen LogP contribution in [0.25, 0.3) is 10.9 Å². The number of carbonyl (C=O) groups is 1. The molecule has 0 fully saturated rings. The number of H-pyrrole nitrogens is 1. The highest BCUT2D eigenvalue weighted by Crippen LogP contribution is 2.34. The van der Waals surface area contributed by atoms with E-state index in [1.807, 2.05) is 25.1 Å². The normalized spacial score (nSPS) is 11.1. The van der Waals surface area contributed by atoms with E-state index in [-0.39, 0.29) is 18.3 Å². The molecule has 0 radical (unpaired) electrons. The molecule has 0 aliphatic heterocycles. The number of hydrogen-bond donors (Lipinski definition) is 2. The molecule has 0 saturated carbocycles. The first-order chi connectivity index (χ1) is 16.9. The Morgan fingerprint density at radius 3 is 2.66 bits per heavy atom. The van der Waals surface area contributed by atoms with Crippen LogP contribution in [0.2, 0.25) is 0 Å². The van der Waals surface area contributed by atoms with Crippen molar-refractivity contribution >= 4 is 44.6 Å². The zero-order valence-corrected chi connectivity index (χ0v) is 20.5. The van der Waals surface area contributed by atoms with E-state index >= 15 is 0 Å². The molecule has 0 unspecified atom stereocenters. The quantitative estimate of drug-likeness (QED) is 0.349. The van der Waals surface area contributed by atoms with Crippen LogP contribution in [0.3, 0.4) is 0 Å². The van der Waals surface area contributed by atoms with Gasteiger partial charge in [-0.25, -0.2) is 4.79 Å². The number of carbonyl (C=O) groups excluding carboxylic acids is 1. The molecule has 178 valence electrons. The number of fused-ring (bicyclic) bond motifs is 1. The Kier molecular flexibility index (Phi) is 7.11. The Bertz CT molecular complexity index is 1560. The average Bonchev–Trinajstić information content (AvgIpc) is 2.84. The van der Waals surface area contributed by atoms with E-state index in [2.05, 4.69) is 31.3 Å². The van der Waals surface area contributed by atoms with Gasteiger partial charge >= 0.3 is 5.69 Å². The number of nitrogens with zero attached hydrogens (tertiary/aromatic N) is 2. The number of benzene rings is 3. The van der Waals surface area contributed by atoms with Crippen molar-refractivity contribution in [2.24, 2.45) is 5.10 Å². The van der Waals surface area contributed by atoms with Crippen LogP contribution < -0.4 is 26.0 Å². The fourth-order valence-corrected chi connectivity index (χ4v) is 3.86. The molecule has 0 saturated heterocycles. The molecule has 0 aliphatic rings. The molecule has 0 bridgehead atoms. The third-order valence-corrected chi connectivity index (χ3v) is 5.59. The maximum Gasteiger partial charge on any atom is 0.349 e. The third kappa shape index (κ3) is 5.33. The van der Waals surface area contributed by atoms with Crippen LogP contribution in [-0.4, -0.2) is 35.5 Å². The number of amides is 1. The topological polar surface area (TPSA) is 115 Å². The second-order valence-electron chi connectivity index (χ2n) is 7.52. The lowest BCUT2D eigenvalue weighted by atomic mass is 10.2. The molecule has 4 aromatic rings. The molecule has 10 heteroatoms. The molecule has 0 spiro atoms. The number of aromatic nitrogens is 2. The lowest BCUT2D eigenvalue weighted by Crippen LogP contribution is -2.32. The van der Waals surface area contributed by atoms with Gasteiger partial charge in [0.05, 0.1) is 24.2 Å². The highest BCUT2D eigenvalue weighted by molar-refractivity contribution is 9.10. The number of aromatic amines is 1. The first-order valence-electron chi connectivity index (χ1n) is 10.5. The summed E-state index contributed by atoms with van der Waals surface area (Å²) in [5.41, 5.74) is 1.15. The summed E-state index contributed by atoms with van der Waals surface area (Å²) in [6.45, 7) is 1.59. The number of hydrogen-bond acceptors (Lipinski definition) is 6. The van der Waals surface area contributed by atoms with E-state index in [9.17, 15) is 14.4 Å². The van der Waals surface area contributed by atoms with Gasteiger partial charge in [0.25, 0.3) is 11.5 Å². The van der Waals surface area contributed by atoms with Crippen LogP contribution in [0.15, 0.2) is 79.8 Å². The molecule has 1 amide bonds. The van der Waals surface area contributed by atoms with Gasteiger partial charge in [-0.1, -0.05) is 46.3 Å². The summed E-state index contributed by atoms with van der Waals surface area (Å²) < 4.78 is 12.6. The number of aryl methyl sites for hydroxylation is 1. The Morgan fingerprint density at radius 1 is 1.14 bits per heavy atom. The Morgan fingerprint density at radius 2 is 1.89 bits per heavy atom. The van der Waals surface area contributed by atoms with E-state index in [0.29, 0.717) is 32.4 Å². The van der Waals surface area contributed by atoms with Crippen LogP contribution in [0.5, 0.6) is 11.5 Å². The molecular weight excluding hydrogens is 516 g/mol. The van der Waals surface area contributed by atoms with Crippen molar-refractivity contribution in [2.45, 2.75) is 6.92 Å². The van der Waals surface area contributed by atoms with Crippen molar-refractivity contribution in [3.8, 4) is 11.5 Å². The van der Waals surface area contributed by atoms with Gasteiger partial charge in [0.2, 0.25) is 0 Å². The van der Waals surface area contributed by atoms with E-state index in [1.54, 1.807) is 42.5 Å². The Balaban J connectivity index is 1.64. The molecule has 1 aromatic heterocycles. The van der Waals surface area contributed by atoms with E-state index in [0.717, 1.165) is 10.2 Å². The number of nitrogens with one attached hydrogen (secondary N) is 2. The number of anilines is 1. The Hall–Kier alpha value is -4.18. The maximum absolute atomic E-state index is 12.8.